The average Bonchev–Trinajstić information content (AvgIpc) is 3.00. The van der Waals surface area contributed by atoms with Crippen LogP contribution in [0.5, 0.6) is 0 Å². The number of hydrogen-bond donors (Lipinski definition) is 0. The summed E-state index contributed by atoms with van der Waals surface area (Å²) in [4.78, 5) is 0. The van der Waals surface area contributed by atoms with Crippen LogP contribution >= 0.6 is 0 Å². The van der Waals surface area contributed by atoms with Crippen molar-refractivity contribution < 1.29 is 0 Å². The fourth-order valence-electron chi connectivity index (χ4n) is 12.8. The van der Waals surface area contributed by atoms with Crippen molar-refractivity contribution in [1.29, 1.82) is 0 Å². The molecule has 9 aliphatic rings. The minimum Gasteiger partial charge on any atom is -0.0622 e. The molecule has 12 unspecified atom stereocenters. The molecule has 3 spiro atoms. The standard InChI is InChI=1S/C23H32/c1-12-2-13-3-16-17(12)10-22-7-14-4-18-15-5-19(22)20(16)21(6-13,9-15)11-23(18,22)8-14/h12-20H,2-11H2,1H3. The van der Waals surface area contributed by atoms with Crippen LogP contribution in [0.2, 0.25) is 0 Å². The Labute approximate surface area is 141 Å². The molecule has 9 rings (SSSR count). The van der Waals surface area contributed by atoms with Crippen LogP contribution in [-0.2, 0) is 0 Å². The van der Waals surface area contributed by atoms with Crippen molar-refractivity contribution in [1.82, 2.24) is 0 Å². The van der Waals surface area contributed by atoms with Crippen LogP contribution in [0.15, 0.2) is 0 Å². The molecule has 0 nitrogen and oxygen atoms in total. The minimum absolute atomic E-state index is 0.874. The number of rotatable bonds is 0. The van der Waals surface area contributed by atoms with E-state index in [2.05, 4.69) is 6.92 Å². The third-order valence-corrected chi connectivity index (χ3v) is 12.3. The zero-order chi connectivity index (χ0) is 14.8. The van der Waals surface area contributed by atoms with Gasteiger partial charge >= 0.3 is 0 Å². The Kier molecular flexibility index (Phi) is 1.72. The quantitative estimate of drug-likeness (QED) is 0.552. The number of fused-ring (bicyclic) bond motifs is 2. The molecule has 124 valence electrons. The average molecular weight is 309 g/mol. The lowest BCUT2D eigenvalue weighted by atomic mass is 9.23. The zero-order valence-corrected chi connectivity index (χ0v) is 14.8. The van der Waals surface area contributed by atoms with Gasteiger partial charge in [-0.2, -0.15) is 0 Å². The van der Waals surface area contributed by atoms with Gasteiger partial charge in [-0.1, -0.05) is 6.92 Å². The van der Waals surface area contributed by atoms with Gasteiger partial charge in [0.05, 0.1) is 0 Å². The molecule has 9 fully saturated rings. The Morgan fingerprint density at radius 2 is 1.61 bits per heavy atom. The molecule has 12 atom stereocenters. The van der Waals surface area contributed by atoms with Crippen LogP contribution in [0.3, 0.4) is 0 Å². The van der Waals surface area contributed by atoms with Gasteiger partial charge in [-0.25, -0.2) is 0 Å². The summed E-state index contributed by atoms with van der Waals surface area (Å²) >= 11 is 0. The van der Waals surface area contributed by atoms with Gasteiger partial charge in [-0.3, -0.25) is 0 Å². The van der Waals surface area contributed by atoms with Crippen LogP contribution in [-0.4, -0.2) is 0 Å². The maximum Gasteiger partial charge on any atom is -0.0199 e. The Morgan fingerprint density at radius 3 is 2.57 bits per heavy atom. The molecule has 0 aromatic heterocycles. The fraction of sp³-hybridized carbons (Fsp3) is 1.00. The first-order valence-corrected chi connectivity index (χ1v) is 11.1. The Bertz CT molecular complexity index is 636. The Morgan fingerprint density at radius 1 is 0.696 bits per heavy atom. The predicted molar refractivity (Wildman–Crippen MR) is 90.6 cm³/mol. The highest BCUT2D eigenvalue weighted by Gasteiger charge is 2.83. The zero-order valence-electron chi connectivity index (χ0n) is 14.8. The van der Waals surface area contributed by atoms with Crippen molar-refractivity contribution in [3.63, 3.8) is 0 Å². The molecule has 0 saturated heterocycles. The van der Waals surface area contributed by atoms with Gasteiger partial charge in [0.2, 0.25) is 0 Å². The van der Waals surface area contributed by atoms with Crippen LogP contribution in [0.25, 0.3) is 0 Å². The molecule has 0 aromatic carbocycles. The molecule has 23 heavy (non-hydrogen) atoms. The Hall–Kier alpha value is 0. The summed E-state index contributed by atoms with van der Waals surface area (Å²) in [6.07, 6.45) is 16.9. The highest BCUT2D eigenvalue weighted by molar-refractivity contribution is 5.32. The van der Waals surface area contributed by atoms with Crippen molar-refractivity contribution in [3.05, 3.63) is 0 Å². The van der Waals surface area contributed by atoms with E-state index in [0.29, 0.717) is 0 Å². The molecule has 0 aliphatic heterocycles. The van der Waals surface area contributed by atoms with E-state index in [4.69, 9.17) is 0 Å². The molecule has 0 aromatic rings. The fourth-order valence-corrected chi connectivity index (χ4v) is 12.8. The largest absolute Gasteiger partial charge is 0.0622 e. The third-order valence-electron chi connectivity index (χ3n) is 12.3. The molecule has 9 bridgehead atoms. The van der Waals surface area contributed by atoms with Gasteiger partial charge in [-0.05, 0) is 134 Å². The maximum atomic E-state index is 2.67. The molecule has 0 heterocycles. The summed E-state index contributed by atoms with van der Waals surface area (Å²) in [5.74, 6) is 10.5. The van der Waals surface area contributed by atoms with Gasteiger partial charge in [0.25, 0.3) is 0 Å². The molecule has 0 N–H and O–H groups in total. The van der Waals surface area contributed by atoms with Crippen molar-refractivity contribution in [2.45, 2.75) is 71.1 Å². The van der Waals surface area contributed by atoms with Gasteiger partial charge in [0.15, 0.2) is 0 Å². The van der Waals surface area contributed by atoms with E-state index in [1.54, 1.807) is 64.2 Å². The summed E-state index contributed by atoms with van der Waals surface area (Å²) in [5.41, 5.74) is 2.65. The van der Waals surface area contributed by atoms with Gasteiger partial charge in [0, 0.05) is 0 Å². The lowest BCUT2D eigenvalue weighted by molar-refractivity contribution is -0.334. The number of hydrogen-bond acceptors (Lipinski definition) is 0. The minimum atomic E-state index is 0.874. The van der Waals surface area contributed by atoms with E-state index in [1.165, 1.54) is 35.5 Å². The second-order valence-electron chi connectivity index (χ2n) is 12.4. The van der Waals surface area contributed by atoms with Gasteiger partial charge < -0.3 is 0 Å². The van der Waals surface area contributed by atoms with E-state index >= 15 is 0 Å². The molecule has 0 heteroatoms. The molecular weight excluding hydrogens is 276 g/mol. The third kappa shape index (κ3) is 0.996. The lowest BCUT2D eigenvalue weighted by Gasteiger charge is -2.82. The summed E-state index contributed by atoms with van der Waals surface area (Å²) in [5, 5.41) is 0. The van der Waals surface area contributed by atoms with Crippen LogP contribution in [0, 0.1) is 69.5 Å². The second-order valence-corrected chi connectivity index (χ2v) is 12.4. The SMILES string of the molecule is CC1CC2CC3C1CC14CC5CC6C7CC1C3C(C2)(C7)CC64C5. The Balaban J connectivity index is 1.44. The van der Waals surface area contributed by atoms with Crippen molar-refractivity contribution in [2.24, 2.45) is 69.5 Å². The van der Waals surface area contributed by atoms with Crippen LogP contribution < -0.4 is 0 Å². The molecule has 9 saturated carbocycles. The molecule has 0 radical (unpaired) electrons. The maximum absolute atomic E-state index is 2.67. The summed E-state index contributed by atoms with van der Waals surface area (Å²) < 4.78 is 0. The first-order valence-electron chi connectivity index (χ1n) is 11.1. The highest BCUT2D eigenvalue weighted by Crippen LogP contribution is 2.90. The van der Waals surface area contributed by atoms with Crippen molar-refractivity contribution in [3.8, 4) is 0 Å². The van der Waals surface area contributed by atoms with Crippen LogP contribution in [0.1, 0.15) is 71.1 Å². The second kappa shape index (κ2) is 3.21. The van der Waals surface area contributed by atoms with Gasteiger partial charge in [0.1, 0.15) is 0 Å². The van der Waals surface area contributed by atoms with E-state index in [9.17, 15) is 0 Å². The normalized spacial score (nSPS) is 77.9. The molecule has 9 aliphatic carbocycles. The van der Waals surface area contributed by atoms with E-state index in [1.807, 2.05) is 0 Å². The summed E-state index contributed by atoms with van der Waals surface area (Å²) in [6, 6.07) is 0. The van der Waals surface area contributed by atoms with E-state index < -0.39 is 0 Å². The summed E-state index contributed by atoms with van der Waals surface area (Å²) in [6.45, 7) is 2.67. The predicted octanol–water partition coefficient (Wildman–Crippen LogP) is 5.52. The first-order chi connectivity index (χ1) is 11.1. The van der Waals surface area contributed by atoms with Crippen molar-refractivity contribution >= 4 is 0 Å². The smallest absolute Gasteiger partial charge is 0.0199 e. The van der Waals surface area contributed by atoms with E-state index in [-0.39, 0.29) is 0 Å². The monoisotopic (exact) mass is 308 g/mol. The topological polar surface area (TPSA) is 0 Å². The van der Waals surface area contributed by atoms with Crippen LogP contribution in [0.4, 0.5) is 0 Å². The molecular formula is C23H32. The highest BCUT2D eigenvalue weighted by atomic mass is 14.9. The first kappa shape index (κ1) is 12.4. The van der Waals surface area contributed by atoms with Gasteiger partial charge in [-0.15, -0.1) is 0 Å². The van der Waals surface area contributed by atoms with E-state index in [0.717, 1.165) is 34.0 Å². The summed E-state index contributed by atoms with van der Waals surface area (Å²) in [7, 11) is 0. The lowest BCUT2D eigenvalue weighted by Crippen LogP contribution is -2.75. The molecule has 0 amide bonds. The van der Waals surface area contributed by atoms with Crippen molar-refractivity contribution in [2.75, 3.05) is 0 Å².